The normalized spacial score (nSPS) is 18.4. The van der Waals surface area contributed by atoms with Crippen molar-refractivity contribution in [2.45, 2.75) is 38.5 Å². The lowest BCUT2D eigenvalue weighted by Crippen LogP contribution is -2.43. The number of likely N-dealkylation sites (tertiary alicyclic amines) is 2. The Balaban J connectivity index is 1.42. The third-order valence-electron chi connectivity index (χ3n) is 5.28. The molecule has 2 heterocycles. The molecule has 0 aromatic heterocycles. The molecule has 2 fully saturated rings. The number of carbonyl (C=O) groups excluding carboxylic acids is 3. The number of nitrogens with zero attached hydrogens (tertiary/aromatic N) is 2. The Morgan fingerprint density at radius 2 is 1.48 bits per heavy atom. The molecule has 2 aliphatic rings. The van der Waals surface area contributed by atoms with Crippen molar-refractivity contribution in [2.75, 3.05) is 26.2 Å². The Labute approximate surface area is 149 Å². The summed E-state index contributed by atoms with van der Waals surface area (Å²) in [5.41, 5.74) is 0.658. The molecule has 0 N–H and O–H groups in total. The first-order chi connectivity index (χ1) is 12.1. The highest BCUT2D eigenvalue weighted by Crippen LogP contribution is 2.22. The Morgan fingerprint density at radius 1 is 0.840 bits per heavy atom. The van der Waals surface area contributed by atoms with E-state index in [-0.39, 0.29) is 36.4 Å². The quantitative estimate of drug-likeness (QED) is 0.773. The van der Waals surface area contributed by atoms with Crippen LogP contribution in [0.2, 0.25) is 0 Å². The first-order valence-electron chi connectivity index (χ1n) is 9.30. The van der Waals surface area contributed by atoms with Crippen LogP contribution in [0.3, 0.4) is 0 Å². The molecule has 5 nitrogen and oxygen atoms in total. The Hall–Kier alpha value is -2.17. The molecule has 25 heavy (non-hydrogen) atoms. The topological polar surface area (TPSA) is 57.7 Å². The minimum absolute atomic E-state index is 0.00745. The van der Waals surface area contributed by atoms with Gasteiger partial charge in [0.15, 0.2) is 5.78 Å². The van der Waals surface area contributed by atoms with E-state index in [0.717, 1.165) is 38.8 Å². The molecule has 0 atom stereocenters. The Bertz CT molecular complexity index is 615. The third-order valence-corrected chi connectivity index (χ3v) is 5.28. The van der Waals surface area contributed by atoms with Crippen LogP contribution in [-0.4, -0.2) is 53.6 Å². The predicted octanol–water partition coefficient (Wildman–Crippen LogP) is 2.51. The molecule has 5 heteroatoms. The second-order valence-electron chi connectivity index (χ2n) is 6.98. The molecule has 0 unspecified atom stereocenters. The van der Waals surface area contributed by atoms with E-state index >= 15 is 0 Å². The lowest BCUT2D eigenvalue weighted by atomic mass is 9.95. The van der Waals surface area contributed by atoms with Gasteiger partial charge in [-0.15, -0.1) is 0 Å². The van der Waals surface area contributed by atoms with Crippen molar-refractivity contribution in [3.63, 3.8) is 0 Å². The molecule has 3 rings (SSSR count). The number of Topliss-reactive ketones (excluding diaryl/α,β-unsaturated/α-hetero) is 1. The highest BCUT2D eigenvalue weighted by molar-refractivity contribution is 5.97. The van der Waals surface area contributed by atoms with E-state index in [2.05, 4.69) is 0 Å². The monoisotopic (exact) mass is 342 g/mol. The van der Waals surface area contributed by atoms with Crippen molar-refractivity contribution in [2.24, 2.45) is 5.92 Å². The number of ketones is 1. The van der Waals surface area contributed by atoms with Gasteiger partial charge in [-0.2, -0.15) is 0 Å². The molecular formula is C20H26N2O3. The van der Waals surface area contributed by atoms with Gasteiger partial charge in [0.1, 0.15) is 0 Å². The summed E-state index contributed by atoms with van der Waals surface area (Å²) in [5.74, 6) is 0.362. The fraction of sp³-hybridized carbons (Fsp3) is 0.550. The highest BCUT2D eigenvalue weighted by Gasteiger charge is 2.31. The molecule has 0 spiro atoms. The van der Waals surface area contributed by atoms with E-state index in [1.165, 1.54) is 0 Å². The highest BCUT2D eigenvalue weighted by atomic mass is 16.2. The smallest absolute Gasteiger partial charge is 0.225 e. The number of rotatable bonds is 5. The summed E-state index contributed by atoms with van der Waals surface area (Å²) >= 11 is 0. The molecule has 1 aromatic carbocycles. The van der Waals surface area contributed by atoms with Crippen LogP contribution in [-0.2, 0) is 9.59 Å². The average molecular weight is 342 g/mol. The van der Waals surface area contributed by atoms with Crippen molar-refractivity contribution in [3.8, 4) is 0 Å². The first kappa shape index (κ1) is 17.6. The van der Waals surface area contributed by atoms with Gasteiger partial charge in [-0.1, -0.05) is 30.3 Å². The van der Waals surface area contributed by atoms with Crippen LogP contribution in [0, 0.1) is 5.92 Å². The summed E-state index contributed by atoms with van der Waals surface area (Å²) in [6, 6.07) is 9.09. The van der Waals surface area contributed by atoms with Crippen molar-refractivity contribution >= 4 is 17.6 Å². The fourth-order valence-electron chi connectivity index (χ4n) is 3.72. The summed E-state index contributed by atoms with van der Waals surface area (Å²) in [4.78, 5) is 40.7. The largest absolute Gasteiger partial charge is 0.343 e. The van der Waals surface area contributed by atoms with Gasteiger partial charge in [0.2, 0.25) is 11.8 Å². The standard InChI is InChI=1S/C20H26N2O3/c23-18(16-6-2-1-3-7-16)8-9-19(24)21-14-10-17(11-15-21)20(25)22-12-4-5-13-22/h1-3,6-7,17H,4-5,8-15H2. The Kier molecular flexibility index (Phi) is 5.84. The number of piperidine rings is 1. The molecule has 2 saturated heterocycles. The average Bonchev–Trinajstić information content (AvgIpc) is 3.21. The van der Waals surface area contributed by atoms with Crippen LogP contribution < -0.4 is 0 Å². The zero-order chi connectivity index (χ0) is 17.6. The van der Waals surface area contributed by atoms with Gasteiger partial charge in [0.05, 0.1) is 0 Å². The maximum absolute atomic E-state index is 12.4. The third kappa shape index (κ3) is 4.47. The van der Waals surface area contributed by atoms with Gasteiger partial charge < -0.3 is 9.80 Å². The van der Waals surface area contributed by atoms with Crippen molar-refractivity contribution in [3.05, 3.63) is 35.9 Å². The van der Waals surface area contributed by atoms with Crippen molar-refractivity contribution in [1.82, 2.24) is 9.80 Å². The van der Waals surface area contributed by atoms with Gasteiger partial charge in [0, 0.05) is 50.5 Å². The minimum Gasteiger partial charge on any atom is -0.343 e. The zero-order valence-corrected chi connectivity index (χ0v) is 14.7. The number of benzene rings is 1. The van der Waals surface area contributed by atoms with Gasteiger partial charge in [-0.25, -0.2) is 0 Å². The van der Waals surface area contributed by atoms with E-state index in [1.54, 1.807) is 12.1 Å². The van der Waals surface area contributed by atoms with E-state index in [9.17, 15) is 14.4 Å². The van der Waals surface area contributed by atoms with E-state index in [4.69, 9.17) is 0 Å². The lowest BCUT2D eigenvalue weighted by Gasteiger charge is -2.33. The van der Waals surface area contributed by atoms with Crippen molar-refractivity contribution < 1.29 is 14.4 Å². The number of hydrogen-bond donors (Lipinski definition) is 0. The number of amides is 2. The molecule has 0 aliphatic carbocycles. The lowest BCUT2D eigenvalue weighted by molar-refractivity contribution is -0.140. The summed E-state index contributed by atoms with van der Waals surface area (Å²) < 4.78 is 0. The van der Waals surface area contributed by atoms with Crippen molar-refractivity contribution in [1.29, 1.82) is 0 Å². The zero-order valence-electron chi connectivity index (χ0n) is 14.7. The van der Waals surface area contributed by atoms with E-state index in [1.807, 2.05) is 28.0 Å². The maximum Gasteiger partial charge on any atom is 0.225 e. The summed E-state index contributed by atoms with van der Waals surface area (Å²) in [5, 5.41) is 0. The van der Waals surface area contributed by atoms with Crippen LogP contribution in [0.25, 0.3) is 0 Å². The minimum atomic E-state index is 0.00745. The first-order valence-corrected chi connectivity index (χ1v) is 9.30. The molecule has 2 amide bonds. The van der Waals surface area contributed by atoms with Crippen LogP contribution >= 0.6 is 0 Å². The second-order valence-corrected chi connectivity index (χ2v) is 6.98. The molecule has 1 aromatic rings. The van der Waals surface area contributed by atoms with E-state index < -0.39 is 0 Å². The fourth-order valence-corrected chi connectivity index (χ4v) is 3.72. The molecule has 0 radical (unpaired) electrons. The van der Waals surface area contributed by atoms with Crippen LogP contribution in [0.1, 0.15) is 48.9 Å². The number of carbonyl (C=O) groups is 3. The van der Waals surface area contributed by atoms with E-state index in [0.29, 0.717) is 18.7 Å². The SMILES string of the molecule is O=C(CCC(=O)N1CCC(C(=O)N2CCCC2)CC1)c1ccccc1. The van der Waals surface area contributed by atoms with Gasteiger partial charge in [0.25, 0.3) is 0 Å². The van der Waals surface area contributed by atoms with Crippen LogP contribution in [0.4, 0.5) is 0 Å². The van der Waals surface area contributed by atoms with Gasteiger partial charge in [-0.05, 0) is 25.7 Å². The summed E-state index contributed by atoms with van der Waals surface area (Å²) in [6.45, 7) is 3.03. The molecule has 134 valence electrons. The summed E-state index contributed by atoms with van der Waals surface area (Å²) in [7, 11) is 0. The molecule has 0 saturated carbocycles. The maximum atomic E-state index is 12.4. The molecular weight excluding hydrogens is 316 g/mol. The number of hydrogen-bond acceptors (Lipinski definition) is 3. The van der Waals surface area contributed by atoms with Gasteiger partial charge in [-0.3, -0.25) is 14.4 Å². The van der Waals surface area contributed by atoms with Gasteiger partial charge >= 0.3 is 0 Å². The Morgan fingerprint density at radius 3 is 2.12 bits per heavy atom. The molecule has 0 bridgehead atoms. The predicted molar refractivity (Wildman–Crippen MR) is 95.1 cm³/mol. The second kappa shape index (κ2) is 8.28. The molecule has 2 aliphatic heterocycles. The van der Waals surface area contributed by atoms with Crippen LogP contribution in [0.15, 0.2) is 30.3 Å². The van der Waals surface area contributed by atoms with Crippen LogP contribution in [0.5, 0.6) is 0 Å². The summed E-state index contributed by atoms with van der Waals surface area (Å²) in [6.07, 6.45) is 4.20.